The van der Waals surface area contributed by atoms with Crippen LogP contribution in [0.1, 0.15) is 28.8 Å². The molecule has 114 valence electrons. The Morgan fingerprint density at radius 2 is 2.09 bits per heavy atom. The SMILES string of the molecule is O=C1c2cccnc2N(C2CC2)c2ncc(CO)c3ccn1c23. The van der Waals surface area contributed by atoms with Crippen molar-refractivity contribution in [1.82, 2.24) is 14.5 Å². The molecule has 2 aliphatic rings. The monoisotopic (exact) mass is 306 g/mol. The van der Waals surface area contributed by atoms with Crippen LogP contribution in [0.5, 0.6) is 0 Å². The minimum absolute atomic E-state index is 0.101. The molecule has 5 rings (SSSR count). The average Bonchev–Trinajstić information content (AvgIpc) is 3.33. The maximum atomic E-state index is 13.0. The molecular formula is C17H14N4O2. The first-order valence-electron chi connectivity index (χ1n) is 7.68. The van der Waals surface area contributed by atoms with Gasteiger partial charge in [0.2, 0.25) is 0 Å². The lowest BCUT2D eigenvalue weighted by atomic mass is 10.2. The number of aliphatic hydroxyl groups excluding tert-OH is 1. The van der Waals surface area contributed by atoms with Crippen molar-refractivity contribution in [2.45, 2.75) is 25.5 Å². The van der Waals surface area contributed by atoms with E-state index < -0.39 is 0 Å². The van der Waals surface area contributed by atoms with E-state index >= 15 is 0 Å². The zero-order valence-electron chi connectivity index (χ0n) is 12.3. The fourth-order valence-electron chi connectivity index (χ4n) is 3.33. The van der Waals surface area contributed by atoms with Crippen molar-refractivity contribution in [2.75, 3.05) is 4.90 Å². The van der Waals surface area contributed by atoms with Crippen LogP contribution >= 0.6 is 0 Å². The summed E-state index contributed by atoms with van der Waals surface area (Å²) in [6, 6.07) is 5.79. The van der Waals surface area contributed by atoms with E-state index in [2.05, 4.69) is 14.9 Å². The van der Waals surface area contributed by atoms with Gasteiger partial charge < -0.3 is 10.0 Å². The highest BCUT2D eigenvalue weighted by Crippen LogP contribution is 2.43. The number of pyridine rings is 2. The van der Waals surface area contributed by atoms with Crippen LogP contribution in [0, 0.1) is 0 Å². The summed E-state index contributed by atoms with van der Waals surface area (Å²) in [5.74, 6) is 1.31. The molecule has 0 amide bonds. The number of hydrogen-bond acceptors (Lipinski definition) is 5. The number of carbonyl (C=O) groups excluding carboxylic acids is 1. The fraction of sp³-hybridized carbons (Fsp3) is 0.235. The van der Waals surface area contributed by atoms with Crippen LogP contribution in [0.3, 0.4) is 0 Å². The Morgan fingerprint density at radius 3 is 2.87 bits per heavy atom. The predicted octanol–water partition coefficient (Wildman–Crippen LogP) is 2.23. The quantitative estimate of drug-likeness (QED) is 0.786. The molecule has 6 nitrogen and oxygen atoms in total. The number of aliphatic hydroxyl groups is 1. The topological polar surface area (TPSA) is 71.2 Å². The van der Waals surface area contributed by atoms with Crippen LogP contribution in [-0.2, 0) is 6.61 Å². The first-order chi connectivity index (χ1) is 11.3. The average molecular weight is 306 g/mol. The van der Waals surface area contributed by atoms with Crippen LogP contribution in [0.15, 0.2) is 36.8 Å². The van der Waals surface area contributed by atoms with E-state index in [9.17, 15) is 9.90 Å². The van der Waals surface area contributed by atoms with Gasteiger partial charge in [0.05, 0.1) is 17.7 Å². The number of anilines is 2. The lowest BCUT2D eigenvalue weighted by Crippen LogP contribution is -2.23. The third kappa shape index (κ3) is 1.64. The van der Waals surface area contributed by atoms with Gasteiger partial charge >= 0.3 is 0 Å². The Kier molecular flexibility index (Phi) is 2.44. The van der Waals surface area contributed by atoms with E-state index in [1.807, 2.05) is 12.1 Å². The van der Waals surface area contributed by atoms with Crippen LogP contribution in [0.4, 0.5) is 11.6 Å². The third-order valence-electron chi connectivity index (χ3n) is 4.56. The number of rotatable bonds is 2. The Morgan fingerprint density at radius 1 is 1.22 bits per heavy atom. The molecule has 1 aliphatic carbocycles. The van der Waals surface area contributed by atoms with Crippen LogP contribution in [-0.4, -0.2) is 31.6 Å². The maximum absolute atomic E-state index is 13.0. The van der Waals surface area contributed by atoms with Gasteiger partial charge in [-0.2, -0.15) is 0 Å². The number of hydrogen-bond donors (Lipinski definition) is 1. The van der Waals surface area contributed by atoms with Gasteiger partial charge in [0.15, 0.2) is 5.82 Å². The van der Waals surface area contributed by atoms with E-state index in [0.29, 0.717) is 17.4 Å². The normalized spacial score (nSPS) is 16.6. The fourth-order valence-corrected chi connectivity index (χ4v) is 3.33. The molecule has 3 aromatic heterocycles. The molecule has 0 atom stereocenters. The number of aromatic nitrogens is 3. The van der Waals surface area contributed by atoms with E-state index in [1.54, 1.807) is 29.2 Å². The molecule has 0 bridgehead atoms. The van der Waals surface area contributed by atoms with Crippen LogP contribution < -0.4 is 4.90 Å². The summed E-state index contributed by atoms with van der Waals surface area (Å²) in [5.41, 5.74) is 2.07. The summed E-state index contributed by atoms with van der Waals surface area (Å²) >= 11 is 0. The molecule has 1 aliphatic heterocycles. The zero-order valence-corrected chi connectivity index (χ0v) is 12.3. The van der Waals surface area contributed by atoms with Gasteiger partial charge in [-0.25, -0.2) is 9.97 Å². The Balaban J connectivity index is 1.91. The van der Waals surface area contributed by atoms with E-state index in [1.165, 1.54) is 0 Å². The third-order valence-corrected chi connectivity index (χ3v) is 4.56. The Labute approximate surface area is 132 Å². The summed E-state index contributed by atoms with van der Waals surface area (Å²) in [7, 11) is 0. The van der Waals surface area contributed by atoms with E-state index in [4.69, 9.17) is 0 Å². The van der Waals surface area contributed by atoms with Crippen molar-refractivity contribution in [3.8, 4) is 0 Å². The van der Waals surface area contributed by atoms with E-state index in [-0.39, 0.29) is 12.5 Å². The Hall–Kier alpha value is -2.73. The molecule has 0 aromatic carbocycles. The molecule has 23 heavy (non-hydrogen) atoms. The number of carbonyl (C=O) groups is 1. The summed E-state index contributed by atoms with van der Waals surface area (Å²) in [4.78, 5) is 24.1. The lowest BCUT2D eigenvalue weighted by Gasteiger charge is -2.23. The summed E-state index contributed by atoms with van der Waals surface area (Å²) in [5, 5.41) is 10.4. The van der Waals surface area contributed by atoms with Crippen molar-refractivity contribution in [3.05, 3.63) is 47.9 Å². The summed E-state index contributed by atoms with van der Waals surface area (Å²) in [6.45, 7) is -0.101. The molecule has 1 saturated carbocycles. The van der Waals surface area contributed by atoms with Gasteiger partial charge in [-0.05, 0) is 31.0 Å². The van der Waals surface area contributed by atoms with Crippen molar-refractivity contribution in [3.63, 3.8) is 0 Å². The van der Waals surface area contributed by atoms with Gasteiger partial charge in [0.25, 0.3) is 5.91 Å². The molecule has 4 heterocycles. The number of fused-ring (bicyclic) bond motifs is 1. The number of nitrogens with zero attached hydrogens (tertiary/aromatic N) is 4. The molecular weight excluding hydrogens is 292 g/mol. The highest BCUT2D eigenvalue weighted by Gasteiger charge is 2.38. The molecule has 1 N–H and O–H groups in total. The predicted molar refractivity (Wildman–Crippen MR) is 84.8 cm³/mol. The lowest BCUT2D eigenvalue weighted by molar-refractivity contribution is 0.0966. The standard InChI is InChI=1S/C17H14N4O2/c22-9-10-8-19-16-14-12(10)5-7-20(14)17(23)13-2-1-6-18-15(13)21(16)11-3-4-11/h1-2,5-8,11,22H,3-4,9H2. The molecule has 0 saturated heterocycles. The van der Waals surface area contributed by atoms with Gasteiger partial charge in [-0.15, -0.1) is 0 Å². The second-order valence-electron chi connectivity index (χ2n) is 5.99. The van der Waals surface area contributed by atoms with E-state index in [0.717, 1.165) is 35.1 Å². The first-order valence-corrected chi connectivity index (χ1v) is 7.68. The molecule has 0 spiro atoms. The summed E-state index contributed by atoms with van der Waals surface area (Å²) in [6.07, 6.45) is 7.29. The second kappa shape index (κ2) is 4.39. The van der Waals surface area contributed by atoms with Crippen molar-refractivity contribution >= 4 is 28.4 Å². The molecule has 0 unspecified atom stereocenters. The highest BCUT2D eigenvalue weighted by atomic mass is 16.3. The van der Waals surface area contributed by atoms with Gasteiger partial charge in [-0.1, -0.05) is 0 Å². The van der Waals surface area contributed by atoms with Gasteiger partial charge in [-0.3, -0.25) is 9.36 Å². The Bertz CT molecular complexity index is 958. The largest absolute Gasteiger partial charge is 0.392 e. The minimum Gasteiger partial charge on any atom is -0.392 e. The molecule has 1 fully saturated rings. The van der Waals surface area contributed by atoms with Crippen LogP contribution in [0.25, 0.3) is 10.9 Å². The highest BCUT2D eigenvalue weighted by molar-refractivity contribution is 6.11. The molecule has 6 heteroatoms. The van der Waals surface area contributed by atoms with Crippen molar-refractivity contribution in [1.29, 1.82) is 0 Å². The smallest absolute Gasteiger partial charge is 0.266 e. The molecule has 3 aromatic rings. The minimum atomic E-state index is -0.107. The zero-order chi connectivity index (χ0) is 15.6. The van der Waals surface area contributed by atoms with Gasteiger partial charge in [0.1, 0.15) is 5.82 Å². The van der Waals surface area contributed by atoms with Crippen molar-refractivity contribution in [2.24, 2.45) is 0 Å². The second-order valence-corrected chi connectivity index (χ2v) is 5.99. The molecule has 0 radical (unpaired) electrons. The maximum Gasteiger partial charge on any atom is 0.266 e. The van der Waals surface area contributed by atoms with Crippen molar-refractivity contribution < 1.29 is 9.90 Å². The summed E-state index contributed by atoms with van der Waals surface area (Å²) < 4.78 is 1.62. The first kappa shape index (κ1) is 12.8. The van der Waals surface area contributed by atoms with Crippen LogP contribution in [0.2, 0.25) is 0 Å². The van der Waals surface area contributed by atoms with Gasteiger partial charge in [0, 0.05) is 35.6 Å².